The van der Waals surface area contributed by atoms with Gasteiger partial charge in [-0.25, -0.2) is 0 Å². The topological polar surface area (TPSA) is 0 Å². The third kappa shape index (κ3) is 1.12. The lowest BCUT2D eigenvalue weighted by atomic mass is 9.67. The molecule has 0 aromatic heterocycles. The van der Waals surface area contributed by atoms with Crippen LogP contribution < -0.4 is 0 Å². The molecule has 0 amide bonds. The maximum Gasteiger partial charge on any atom is -0.00593 e. The summed E-state index contributed by atoms with van der Waals surface area (Å²) in [4.78, 5) is 0. The first-order valence-electron chi connectivity index (χ1n) is 6.23. The van der Waals surface area contributed by atoms with Crippen molar-refractivity contribution in [2.45, 2.75) is 59.8 Å². The molecule has 0 nitrogen and oxygen atoms in total. The van der Waals surface area contributed by atoms with Gasteiger partial charge in [-0.05, 0) is 42.4 Å². The molecule has 0 spiro atoms. The molecular weight excluding hydrogens is 168 g/mol. The lowest BCUT2D eigenvalue weighted by Gasteiger charge is -2.37. The quantitative estimate of drug-likeness (QED) is 0.575. The lowest BCUT2D eigenvalue weighted by Crippen LogP contribution is -2.30. The summed E-state index contributed by atoms with van der Waals surface area (Å²) in [5.74, 6) is 0.874. The zero-order valence-electron chi connectivity index (χ0n) is 10.2. The van der Waals surface area contributed by atoms with Gasteiger partial charge < -0.3 is 0 Å². The van der Waals surface area contributed by atoms with Crippen molar-refractivity contribution in [2.24, 2.45) is 16.7 Å². The molecule has 0 saturated heterocycles. The smallest absolute Gasteiger partial charge is 0.00593 e. The lowest BCUT2D eigenvalue weighted by molar-refractivity contribution is 0.167. The van der Waals surface area contributed by atoms with E-state index in [0.29, 0.717) is 10.8 Å². The van der Waals surface area contributed by atoms with E-state index >= 15 is 0 Å². The molecule has 1 saturated carbocycles. The van der Waals surface area contributed by atoms with Gasteiger partial charge in [-0.15, -0.1) is 0 Å². The molecule has 0 aromatic rings. The van der Waals surface area contributed by atoms with E-state index in [1.807, 2.05) is 0 Å². The van der Waals surface area contributed by atoms with Gasteiger partial charge in [0.1, 0.15) is 0 Å². The van der Waals surface area contributed by atoms with Crippen LogP contribution in [0.1, 0.15) is 59.8 Å². The zero-order valence-corrected chi connectivity index (χ0v) is 10.2. The molecule has 2 aliphatic rings. The highest BCUT2D eigenvalue weighted by atomic mass is 14.6. The van der Waals surface area contributed by atoms with Crippen molar-refractivity contribution < 1.29 is 0 Å². The second kappa shape index (κ2) is 3.12. The van der Waals surface area contributed by atoms with E-state index in [4.69, 9.17) is 0 Å². The predicted octanol–water partition coefficient (Wildman–Crippen LogP) is 4.56. The van der Waals surface area contributed by atoms with E-state index in [9.17, 15) is 0 Å². The first-order valence-corrected chi connectivity index (χ1v) is 6.23. The Morgan fingerprint density at radius 3 is 2.50 bits per heavy atom. The van der Waals surface area contributed by atoms with Crippen LogP contribution in [0.2, 0.25) is 0 Å². The maximum absolute atomic E-state index is 2.61. The second-order valence-electron chi connectivity index (χ2n) is 5.99. The Balaban J connectivity index is 2.19. The largest absolute Gasteiger partial charge is 0.0811 e. The number of fused-ring (bicyclic) bond motifs is 2. The van der Waals surface area contributed by atoms with Crippen LogP contribution in [0.15, 0.2) is 11.6 Å². The molecule has 0 heterocycles. The molecule has 2 atom stereocenters. The van der Waals surface area contributed by atoms with E-state index < -0.39 is 0 Å². The van der Waals surface area contributed by atoms with E-state index in [1.165, 1.54) is 32.1 Å². The Labute approximate surface area is 88.8 Å². The van der Waals surface area contributed by atoms with E-state index in [1.54, 1.807) is 5.57 Å². The highest BCUT2D eigenvalue weighted by molar-refractivity contribution is 5.31. The van der Waals surface area contributed by atoms with Crippen molar-refractivity contribution in [2.75, 3.05) is 0 Å². The van der Waals surface area contributed by atoms with E-state index in [-0.39, 0.29) is 0 Å². The van der Waals surface area contributed by atoms with E-state index in [0.717, 1.165) is 5.92 Å². The Kier molecular flexibility index (Phi) is 2.28. The van der Waals surface area contributed by atoms with Crippen LogP contribution in [0.25, 0.3) is 0 Å². The average Bonchev–Trinajstić information content (AvgIpc) is 2.46. The van der Waals surface area contributed by atoms with Crippen molar-refractivity contribution in [3.63, 3.8) is 0 Å². The molecule has 1 fully saturated rings. The van der Waals surface area contributed by atoms with Gasteiger partial charge in [0.25, 0.3) is 0 Å². The number of allylic oxidation sites excluding steroid dienone is 2. The van der Waals surface area contributed by atoms with Gasteiger partial charge in [-0.2, -0.15) is 0 Å². The fourth-order valence-corrected chi connectivity index (χ4v) is 3.56. The summed E-state index contributed by atoms with van der Waals surface area (Å²) in [5.41, 5.74) is 2.85. The summed E-state index contributed by atoms with van der Waals surface area (Å²) in [6.07, 6.45) is 9.54. The standard InChI is InChI=1S/C14H24/c1-5-6-7-12-10-11-8-9-14(12,4)13(11,2)3/h10-11H,5-9H2,1-4H3/t11-,14+/m1/s1. The summed E-state index contributed by atoms with van der Waals surface area (Å²) in [6.45, 7) is 9.74. The Morgan fingerprint density at radius 2 is 2.07 bits per heavy atom. The van der Waals surface area contributed by atoms with Crippen LogP contribution in [0, 0.1) is 16.7 Å². The molecule has 0 aliphatic heterocycles. The molecule has 14 heavy (non-hydrogen) atoms. The Hall–Kier alpha value is -0.260. The molecule has 0 aromatic carbocycles. The third-order valence-electron chi connectivity index (χ3n) is 5.22. The average molecular weight is 192 g/mol. The maximum atomic E-state index is 2.61. The first kappa shape index (κ1) is 10.3. The van der Waals surface area contributed by atoms with Gasteiger partial charge in [0, 0.05) is 0 Å². The number of unbranched alkanes of at least 4 members (excludes halogenated alkanes) is 1. The monoisotopic (exact) mass is 192 g/mol. The molecule has 2 aliphatic carbocycles. The summed E-state index contributed by atoms with van der Waals surface area (Å²) in [5, 5.41) is 0. The molecule has 0 N–H and O–H groups in total. The summed E-state index contributed by atoms with van der Waals surface area (Å²) >= 11 is 0. The Bertz CT molecular complexity index is 259. The molecule has 0 heteroatoms. The summed E-state index contributed by atoms with van der Waals surface area (Å²) in [7, 11) is 0. The second-order valence-corrected chi connectivity index (χ2v) is 5.99. The highest BCUT2D eigenvalue weighted by Gasteiger charge is 2.56. The predicted molar refractivity (Wildman–Crippen MR) is 62.2 cm³/mol. The fraction of sp³-hybridized carbons (Fsp3) is 0.857. The van der Waals surface area contributed by atoms with Gasteiger partial charge in [0.2, 0.25) is 0 Å². The first-order chi connectivity index (χ1) is 6.52. The van der Waals surface area contributed by atoms with Crippen LogP contribution in [0.3, 0.4) is 0 Å². The van der Waals surface area contributed by atoms with Crippen molar-refractivity contribution in [3.8, 4) is 0 Å². The van der Waals surface area contributed by atoms with E-state index in [2.05, 4.69) is 33.8 Å². The molecule has 0 radical (unpaired) electrons. The van der Waals surface area contributed by atoms with Crippen molar-refractivity contribution in [1.29, 1.82) is 0 Å². The normalized spacial score (nSPS) is 38.9. The molecule has 2 rings (SSSR count). The minimum Gasteiger partial charge on any atom is -0.0811 e. The number of rotatable bonds is 3. The van der Waals surface area contributed by atoms with Crippen LogP contribution in [0.4, 0.5) is 0 Å². The van der Waals surface area contributed by atoms with Crippen molar-refractivity contribution in [1.82, 2.24) is 0 Å². The molecular formula is C14H24. The van der Waals surface area contributed by atoms with Gasteiger partial charge in [0.05, 0.1) is 0 Å². The number of hydrogen-bond acceptors (Lipinski definition) is 0. The van der Waals surface area contributed by atoms with Crippen molar-refractivity contribution >= 4 is 0 Å². The third-order valence-corrected chi connectivity index (χ3v) is 5.22. The van der Waals surface area contributed by atoms with Gasteiger partial charge in [-0.1, -0.05) is 45.8 Å². The zero-order chi connectivity index (χ0) is 10.4. The van der Waals surface area contributed by atoms with Crippen LogP contribution in [-0.2, 0) is 0 Å². The van der Waals surface area contributed by atoms with Crippen LogP contribution in [-0.4, -0.2) is 0 Å². The molecule has 0 unspecified atom stereocenters. The minimum absolute atomic E-state index is 0.535. The fourth-order valence-electron chi connectivity index (χ4n) is 3.56. The molecule has 80 valence electrons. The summed E-state index contributed by atoms with van der Waals surface area (Å²) in [6, 6.07) is 0. The summed E-state index contributed by atoms with van der Waals surface area (Å²) < 4.78 is 0. The molecule has 2 bridgehead atoms. The van der Waals surface area contributed by atoms with Gasteiger partial charge in [0.15, 0.2) is 0 Å². The van der Waals surface area contributed by atoms with Crippen LogP contribution in [0.5, 0.6) is 0 Å². The van der Waals surface area contributed by atoms with Crippen molar-refractivity contribution in [3.05, 3.63) is 11.6 Å². The van der Waals surface area contributed by atoms with Crippen LogP contribution >= 0.6 is 0 Å². The van der Waals surface area contributed by atoms with Gasteiger partial charge in [-0.3, -0.25) is 0 Å². The number of hydrogen-bond donors (Lipinski definition) is 0. The SMILES string of the molecule is CCCCC1=C[C@H]2CC[C@]1(C)C2(C)C. The minimum atomic E-state index is 0.535. The Morgan fingerprint density at radius 1 is 1.36 bits per heavy atom. The highest BCUT2D eigenvalue weighted by Crippen LogP contribution is 2.65. The van der Waals surface area contributed by atoms with Gasteiger partial charge >= 0.3 is 0 Å².